The monoisotopic (exact) mass is 471 g/mol. The standard InChI is InChI=1S/C26H31F2N3O3/c27-20-8-4-18(5-9-20)22-17-24(22)29-12-2-1-3-23(26(33)31-13-15-34-16-14-31)30-25(32)19-6-10-21(28)11-7-19/h4-11,22-24,29H,1-3,12-17H2,(H,30,32)/t22-,23-,24+/m0/s1. The Balaban J connectivity index is 1.25. The summed E-state index contributed by atoms with van der Waals surface area (Å²) in [5, 5.41) is 6.38. The van der Waals surface area contributed by atoms with Crippen LogP contribution in [0, 0.1) is 11.6 Å². The number of ether oxygens (including phenoxy) is 1. The molecule has 0 radical (unpaired) electrons. The highest BCUT2D eigenvalue weighted by Gasteiger charge is 2.37. The molecular formula is C26H31F2N3O3. The lowest BCUT2D eigenvalue weighted by Crippen LogP contribution is -2.51. The lowest BCUT2D eigenvalue weighted by atomic mass is 10.1. The molecule has 6 nitrogen and oxygen atoms in total. The van der Waals surface area contributed by atoms with Gasteiger partial charge >= 0.3 is 0 Å². The first-order valence-electron chi connectivity index (χ1n) is 11.9. The number of carbonyl (C=O) groups is 2. The molecular weight excluding hydrogens is 440 g/mol. The molecule has 1 saturated carbocycles. The van der Waals surface area contributed by atoms with Gasteiger partial charge in [0.25, 0.3) is 5.91 Å². The molecule has 34 heavy (non-hydrogen) atoms. The Morgan fingerprint density at radius 1 is 0.971 bits per heavy atom. The normalized spacial score (nSPS) is 20.6. The average Bonchev–Trinajstić information content (AvgIpc) is 3.63. The van der Waals surface area contributed by atoms with E-state index >= 15 is 0 Å². The van der Waals surface area contributed by atoms with E-state index in [9.17, 15) is 18.4 Å². The van der Waals surface area contributed by atoms with Gasteiger partial charge in [-0.25, -0.2) is 8.78 Å². The topological polar surface area (TPSA) is 70.7 Å². The van der Waals surface area contributed by atoms with Crippen LogP contribution in [0.5, 0.6) is 0 Å². The number of rotatable bonds is 10. The summed E-state index contributed by atoms with van der Waals surface area (Å²) in [6.07, 6.45) is 3.20. The van der Waals surface area contributed by atoms with Gasteiger partial charge in [-0.05, 0) is 74.2 Å². The van der Waals surface area contributed by atoms with Crippen molar-refractivity contribution in [3.63, 3.8) is 0 Å². The smallest absolute Gasteiger partial charge is 0.251 e. The van der Waals surface area contributed by atoms with Crippen molar-refractivity contribution in [2.24, 2.45) is 0 Å². The van der Waals surface area contributed by atoms with Crippen molar-refractivity contribution in [1.29, 1.82) is 0 Å². The minimum Gasteiger partial charge on any atom is -0.378 e. The second kappa shape index (κ2) is 11.5. The van der Waals surface area contributed by atoms with Crippen molar-refractivity contribution in [2.75, 3.05) is 32.8 Å². The van der Waals surface area contributed by atoms with Crippen molar-refractivity contribution in [3.05, 3.63) is 71.3 Å². The summed E-state index contributed by atoms with van der Waals surface area (Å²) in [7, 11) is 0. The molecule has 2 aliphatic rings. The number of morpholine rings is 1. The predicted molar refractivity (Wildman–Crippen MR) is 124 cm³/mol. The van der Waals surface area contributed by atoms with E-state index in [0.717, 1.165) is 31.4 Å². The lowest BCUT2D eigenvalue weighted by Gasteiger charge is -2.30. The molecule has 2 N–H and O–H groups in total. The molecule has 8 heteroatoms. The molecule has 1 aliphatic heterocycles. The number of nitrogens with zero attached hydrogens (tertiary/aromatic N) is 1. The molecule has 3 atom stereocenters. The number of amides is 2. The maximum atomic E-state index is 13.2. The Bertz CT molecular complexity index is 962. The van der Waals surface area contributed by atoms with Crippen LogP contribution in [0.2, 0.25) is 0 Å². The highest BCUT2D eigenvalue weighted by atomic mass is 19.1. The zero-order chi connectivity index (χ0) is 23.9. The quantitative estimate of drug-likeness (QED) is 0.522. The van der Waals surface area contributed by atoms with E-state index < -0.39 is 11.9 Å². The largest absolute Gasteiger partial charge is 0.378 e. The fourth-order valence-electron chi connectivity index (χ4n) is 4.36. The van der Waals surface area contributed by atoms with E-state index in [1.54, 1.807) is 4.90 Å². The maximum Gasteiger partial charge on any atom is 0.251 e. The first-order chi connectivity index (χ1) is 16.5. The Hall–Kier alpha value is -2.84. The van der Waals surface area contributed by atoms with Gasteiger partial charge in [0.15, 0.2) is 0 Å². The van der Waals surface area contributed by atoms with Crippen LogP contribution in [0.4, 0.5) is 8.78 Å². The van der Waals surface area contributed by atoms with Gasteiger partial charge in [0, 0.05) is 30.6 Å². The summed E-state index contributed by atoms with van der Waals surface area (Å²) in [6, 6.07) is 11.7. The summed E-state index contributed by atoms with van der Waals surface area (Å²) < 4.78 is 31.6. The molecule has 1 heterocycles. The third-order valence-corrected chi connectivity index (χ3v) is 6.45. The van der Waals surface area contributed by atoms with Gasteiger partial charge in [0.05, 0.1) is 13.2 Å². The third-order valence-electron chi connectivity index (χ3n) is 6.45. The lowest BCUT2D eigenvalue weighted by molar-refractivity contribution is -0.137. The number of halogens is 2. The van der Waals surface area contributed by atoms with Crippen molar-refractivity contribution < 1.29 is 23.1 Å². The van der Waals surface area contributed by atoms with E-state index in [0.29, 0.717) is 50.2 Å². The predicted octanol–water partition coefficient (Wildman–Crippen LogP) is 3.24. The van der Waals surface area contributed by atoms with Crippen LogP contribution in [0.25, 0.3) is 0 Å². The fraction of sp³-hybridized carbons (Fsp3) is 0.462. The third kappa shape index (κ3) is 6.61. The molecule has 2 amide bonds. The highest BCUT2D eigenvalue weighted by Crippen LogP contribution is 2.40. The molecule has 0 spiro atoms. The zero-order valence-corrected chi connectivity index (χ0v) is 19.1. The fourth-order valence-corrected chi connectivity index (χ4v) is 4.36. The van der Waals surface area contributed by atoms with Gasteiger partial charge < -0.3 is 20.3 Å². The van der Waals surface area contributed by atoms with Crippen LogP contribution in [0.1, 0.15) is 47.5 Å². The molecule has 1 saturated heterocycles. The van der Waals surface area contributed by atoms with Crippen LogP contribution in [0.15, 0.2) is 48.5 Å². The Morgan fingerprint density at radius 2 is 1.62 bits per heavy atom. The van der Waals surface area contributed by atoms with E-state index in [1.165, 1.54) is 36.4 Å². The number of hydrogen-bond acceptors (Lipinski definition) is 4. The van der Waals surface area contributed by atoms with Crippen LogP contribution >= 0.6 is 0 Å². The second-order valence-electron chi connectivity index (χ2n) is 8.92. The van der Waals surface area contributed by atoms with E-state index in [1.807, 2.05) is 12.1 Å². The summed E-state index contributed by atoms with van der Waals surface area (Å²) >= 11 is 0. The second-order valence-corrected chi connectivity index (χ2v) is 8.92. The van der Waals surface area contributed by atoms with Gasteiger partial charge in [-0.15, -0.1) is 0 Å². The first kappa shape index (κ1) is 24.3. The number of carbonyl (C=O) groups excluding carboxylic acids is 2. The van der Waals surface area contributed by atoms with Crippen LogP contribution < -0.4 is 10.6 Å². The van der Waals surface area contributed by atoms with Crippen molar-refractivity contribution in [2.45, 2.75) is 43.7 Å². The minimum atomic E-state index is -0.636. The van der Waals surface area contributed by atoms with E-state index in [2.05, 4.69) is 10.6 Å². The van der Waals surface area contributed by atoms with Gasteiger partial charge in [0.1, 0.15) is 17.7 Å². The van der Waals surface area contributed by atoms with Gasteiger partial charge in [-0.3, -0.25) is 9.59 Å². The van der Waals surface area contributed by atoms with Crippen molar-refractivity contribution in [3.8, 4) is 0 Å². The molecule has 0 bridgehead atoms. The van der Waals surface area contributed by atoms with E-state index in [-0.39, 0.29) is 17.6 Å². The van der Waals surface area contributed by atoms with Crippen molar-refractivity contribution >= 4 is 11.8 Å². The Kier molecular flexibility index (Phi) is 8.24. The Morgan fingerprint density at radius 3 is 2.29 bits per heavy atom. The zero-order valence-electron chi connectivity index (χ0n) is 19.1. The summed E-state index contributed by atoms with van der Waals surface area (Å²) in [5.41, 5.74) is 1.47. The van der Waals surface area contributed by atoms with Crippen molar-refractivity contribution in [1.82, 2.24) is 15.5 Å². The molecule has 2 aromatic carbocycles. The molecule has 2 aromatic rings. The number of benzene rings is 2. The Labute approximate surface area is 198 Å². The highest BCUT2D eigenvalue weighted by molar-refractivity contribution is 5.97. The molecule has 0 aromatic heterocycles. The van der Waals surface area contributed by atoms with Gasteiger partial charge in [-0.1, -0.05) is 12.1 Å². The summed E-state index contributed by atoms with van der Waals surface area (Å²) in [4.78, 5) is 27.5. The molecule has 0 unspecified atom stereocenters. The SMILES string of the molecule is O=C(N[C@@H](CCCCN[C@@H]1C[C@H]1c1ccc(F)cc1)C(=O)N1CCOCC1)c1ccc(F)cc1. The molecule has 4 rings (SSSR count). The van der Waals surface area contributed by atoms with E-state index in [4.69, 9.17) is 4.74 Å². The van der Waals surface area contributed by atoms with Gasteiger partial charge in [0.2, 0.25) is 5.91 Å². The van der Waals surface area contributed by atoms with Crippen LogP contribution in [-0.4, -0.2) is 61.6 Å². The summed E-state index contributed by atoms with van der Waals surface area (Å²) in [6.45, 7) is 2.81. The molecule has 2 fully saturated rings. The molecule has 182 valence electrons. The van der Waals surface area contributed by atoms with Gasteiger partial charge in [-0.2, -0.15) is 0 Å². The molecule has 1 aliphatic carbocycles. The minimum absolute atomic E-state index is 0.106. The maximum absolute atomic E-state index is 13.2. The summed E-state index contributed by atoms with van der Waals surface area (Å²) in [5.74, 6) is -0.703. The number of nitrogens with one attached hydrogen (secondary N) is 2. The number of hydrogen-bond donors (Lipinski definition) is 2. The first-order valence-corrected chi connectivity index (χ1v) is 11.9. The number of unbranched alkanes of at least 4 members (excludes halogenated alkanes) is 1. The van der Waals surface area contributed by atoms with Crippen LogP contribution in [-0.2, 0) is 9.53 Å². The van der Waals surface area contributed by atoms with Crippen LogP contribution in [0.3, 0.4) is 0 Å². The average molecular weight is 472 g/mol.